The van der Waals surface area contributed by atoms with Crippen molar-refractivity contribution in [3.05, 3.63) is 71.4 Å². The van der Waals surface area contributed by atoms with Gasteiger partial charge in [-0.05, 0) is 73.7 Å². The maximum atomic E-state index is 12.5. The first-order chi connectivity index (χ1) is 15.7. The summed E-state index contributed by atoms with van der Waals surface area (Å²) in [5.74, 6) is -0.368. The van der Waals surface area contributed by atoms with Gasteiger partial charge in [0.05, 0.1) is 12.2 Å². The number of nitrogens with zero attached hydrogens (tertiary/aromatic N) is 2. The monoisotopic (exact) mass is 569 g/mol. The number of rotatable bonds is 6. The molecule has 9 heteroatoms. The fraction of sp³-hybridized carbons (Fsp3) is 0.333. The van der Waals surface area contributed by atoms with Gasteiger partial charge < -0.3 is 10.5 Å². The zero-order valence-corrected chi connectivity index (χ0v) is 19.8. The van der Waals surface area contributed by atoms with Crippen LogP contribution in [0.5, 0.6) is 5.75 Å². The van der Waals surface area contributed by atoms with Crippen LogP contribution in [-0.4, -0.2) is 26.0 Å². The number of carbonyl (C=O) groups is 1. The number of benzene rings is 2. The third-order valence-corrected chi connectivity index (χ3v) is 7.09. The van der Waals surface area contributed by atoms with E-state index in [0.717, 1.165) is 42.5 Å². The second-order valence-corrected chi connectivity index (χ2v) is 9.96. The van der Waals surface area contributed by atoms with Crippen LogP contribution in [0.3, 0.4) is 0 Å². The Bertz CT molecular complexity index is 1100. The van der Waals surface area contributed by atoms with Crippen molar-refractivity contribution >= 4 is 28.5 Å². The fourth-order valence-corrected chi connectivity index (χ4v) is 4.87. The molecule has 0 unspecified atom stereocenters. The Labute approximate surface area is 203 Å². The average molecular weight is 569 g/mol. The maximum Gasteiger partial charge on any atom is 0.573 e. The lowest BCUT2D eigenvalue weighted by Gasteiger charge is -2.25. The summed E-state index contributed by atoms with van der Waals surface area (Å²) in [5.41, 5.74) is 9.29. The largest absolute Gasteiger partial charge is 0.573 e. The molecule has 1 saturated carbocycles. The standard InChI is InChI=1S/C24H23F3IN3O2/c25-24(26,27)33-20-11-7-16(8-12-20)21-13-22(17-5-9-19(28)10-6-17)31(30-21)14-15-1-3-18(4-2-15)23(29)32/h1-4,7-8,11-13,17,19H,5-6,9-10,14H2,(H2,29,32). The first-order valence-corrected chi connectivity index (χ1v) is 11.9. The lowest BCUT2D eigenvalue weighted by molar-refractivity contribution is -0.274. The van der Waals surface area contributed by atoms with Gasteiger partial charge in [-0.2, -0.15) is 5.10 Å². The van der Waals surface area contributed by atoms with Gasteiger partial charge in [0.1, 0.15) is 5.75 Å². The van der Waals surface area contributed by atoms with E-state index in [4.69, 9.17) is 10.8 Å². The van der Waals surface area contributed by atoms with Gasteiger partial charge in [-0.15, -0.1) is 13.2 Å². The number of halogens is 4. The minimum Gasteiger partial charge on any atom is -0.406 e. The summed E-state index contributed by atoms with van der Waals surface area (Å²) in [7, 11) is 0. The summed E-state index contributed by atoms with van der Waals surface area (Å²) in [6.45, 7) is 0.522. The molecule has 1 aliphatic carbocycles. The maximum absolute atomic E-state index is 12.5. The topological polar surface area (TPSA) is 70.1 Å². The molecule has 1 amide bonds. The van der Waals surface area contributed by atoms with Crippen molar-refractivity contribution in [1.29, 1.82) is 0 Å². The lowest BCUT2D eigenvalue weighted by atomic mass is 9.86. The van der Waals surface area contributed by atoms with Crippen molar-refractivity contribution < 1.29 is 22.7 Å². The molecule has 33 heavy (non-hydrogen) atoms. The van der Waals surface area contributed by atoms with Gasteiger partial charge in [-0.25, -0.2) is 0 Å². The number of amides is 1. The van der Waals surface area contributed by atoms with Crippen LogP contribution in [0.15, 0.2) is 54.6 Å². The molecule has 0 spiro atoms. The van der Waals surface area contributed by atoms with Gasteiger partial charge in [0.15, 0.2) is 0 Å². The molecule has 0 saturated heterocycles. The Kier molecular flexibility index (Phi) is 6.96. The van der Waals surface area contributed by atoms with Crippen LogP contribution in [0, 0.1) is 0 Å². The average Bonchev–Trinajstić information content (AvgIpc) is 3.18. The van der Waals surface area contributed by atoms with Crippen molar-refractivity contribution in [3.63, 3.8) is 0 Å². The Morgan fingerprint density at radius 1 is 1.06 bits per heavy atom. The Morgan fingerprint density at radius 2 is 1.70 bits per heavy atom. The van der Waals surface area contributed by atoms with Gasteiger partial charge >= 0.3 is 6.36 Å². The molecule has 1 fully saturated rings. The van der Waals surface area contributed by atoms with E-state index >= 15 is 0 Å². The fourth-order valence-electron chi connectivity index (χ4n) is 4.15. The smallest absolute Gasteiger partial charge is 0.406 e. The quantitative estimate of drug-likeness (QED) is 0.290. The summed E-state index contributed by atoms with van der Waals surface area (Å²) in [6.07, 6.45) is -0.307. The highest BCUT2D eigenvalue weighted by Gasteiger charge is 2.31. The number of nitrogens with two attached hydrogens (primary N) is 1. The minimum absolute atomic E-state index is 0.263. The molecule has 2 N–H and O–H groups in total. The van der Waals surface area contributed by atoms with E-state index in [0.29, 0.717) is 27.6 Å². The van der Waals surface area contributed by atoms with Crippen molar-refractivity contribution in [1.82, 2.24) is 9.78 Å². The summed E-state index contributed by atoms with van der Waals surface area (Å²) in [6, 6.07) is 14.9. The number of hydrogen-bond donors (Lipinski definition) is 1. The molecule has 174 valence electrons. The SMILES string of the molecule is NC(=O)c1ccc(Cn2nc(-c3ccc(OC(F)(F)F)cc3)cc2C2CCC(I)CC2)cc1. The van der Waals surface area contributed by atoms with E-state index in [1.54, 1.807) is 24.3 Å². The van der Waals surface area contributed by atoms with Gasteiger partial charge in [-0.1, -0.05) is 34.7 Å². The van der Waals surface area contributed by atoms with E-state index < -0.39 is 12.3 Å². The number of primary amides is 1. The Balaban J connectivity index is 1.62. The zero-order valence-electron chi connectivity index (χ0n) is 17.7. The minimum atomic E-state index is -4.72. The first-order valence-electron chi connectivity index (χ1n) is 10.6. The van der Waals surface area contributed by atoms with Crippen molar-refractivity contribution in [2.45, 2.75) is 48.4 Å². The second-order valence-electron chi connectivity index (χ2n) is 8.19. The highest BCUT2D eigenvalue weighted by molar-refractivity contribution is 14.1. The van der Waals surface area contributed by atoms with Gasteiger partial charge in [-0.3, -0.25) is 9.48 Å². The van der Waals surface area contributed by atoms with Crippen LogP contribution in [0.25, 0.3) is 11.3 Å². The summed E-state index contributed by atoms with van der Waals surface area (Å²) in [5, 5.41) is 4.79. The molecule has 1 heterocycles. The van der Waals surface area contributed by atoms with Crippen molar-refractivity contribution in [2.24, 2.45) is 5.73 Å². The molecule has 4 rings (SSSR count). The van der Waals surface area contributed by atoms with Crippen molar-refractivity contribution in [3.8, 4) is 17.0 Å². The van der Waals surface area contributed by atoms with E-state index in [1.165, 1.54) is 12.1 Å². The third-order valence-electron chi connectivity index (χ3n) is 5.84. The molecular formula is C24H23F3IN3O2. The van der Waals surface area contributed by atoms with Crippen LogP contribution >= 0.6 is 22.6 Å². The predicted octanol–water partition coefficient (Wildman–Crippen LogP) is 6.06. The molecular weight excluding hydrogens is 546 g/mol. The number of carbonyl (C=O) groups excluding carboxylic acids is 1. The molecule has 0 bridgehead atoms. The molecule has 0 aliphatic heterocycles. The van der Waals surface area contributed by atoms with Gasteiger partial charge in [0.2, 0.25) is 5.91 Å². The normalized spacial score (nSPS) is 18.8. The van der Waals surface area contributed by atoms with E-state index in [9.17, 15) is 18.0 Å². The Morgan fingerprint density at radius 3 is 2.27 bits per heavy atom. The zero-order chi connectivity index (χ0) is 23.6. The van der Waals surface area contributed by atoms with E-state index in [1.807, 2.05) is 22.9 Å². The third kappa shape index (κ3) is 6.07. The highest BCUT2D eigenvalue weighted by atomic mass is 127. The number of aromatic nitrogens is 2. The number of hydrogen-bond acceptors (Lipinski definition) is 3. The number of ether oxygens (including phenoxy) is 1. The second kappa shape index (κ2) is 9.74. The summed E-state index contributed by atoms with van der Waals surface area (Å²) < 4.78 is 44.0. The summed E-state index contributed by atoms with van der Waals surface area (Å²) in [4.78, 5) is 11.4. The highest BCUT2D eigenvalue weighted by Crippen LogP contribution is 2.37. The predicted molar refractivity (Wildman–Crippen MR) is 127 cm³/mol. The van der Waals surface area contributed by atoms with Crippen LogP contribution in [0.1, 0.15) is 53.2 Å². The summed E-state index contributed by atoms with van der Waals surface area (Å²) >= 11 is 2.50. The Hall–Kier alpha value is -2.56. The van der Waals surface area contributed by atoms with E-state index in [-0.39, 0.29) is 5.75 Å². The number of alkyl halides is 4. The van der Waals surface area contributed by atoms with E-state index in [2.05, 4.69) is 27.3 Å². The lowest BCUT2D eigenvalue weighted by Crippen LogP contribution is -2.17. The molecule has 0 atom stereocenters. The van der Waals surface area contributed by atoms with Crippen LogP contribution in [0.2, 0.25) is 0 Å². The molecule has 2 aromatic carbocycles. The van der Waals surface area contributed by atoms with Crippen LogP contribution in [0.4, 0.5) is 13.2 Å². The molecule has 5 nitrogen and oxygen atoms in total. The first kappa shape index (κ1) is 23.6. The molecule has 1 aromatic heterocycles. The molecule has 3 aromatic rings. The van der Waals surface area contributed by atoms with Crippen molar-refractivity contribution in [2.75, 3.05) is 0 Å². The van der Waals surface area contributed by atoms with Gasteiger partial charge in [0.25, 0.3) is 0 Å². The molecule has 0 radical (unpaired) electrons. The van der Waals surface area contributed by atoms with Crippen LogP contribution < -0.4 is 10.5 Å². The molecule has 1 aliphatic rings. The van der Waals surface area contributed by atoms with Crippen LogP contribution in [-0.2, 0) is 6.54 Å². The van der Waals surface area contributed by atoms with Gasteiger partial charge in [0, 0.05) is 26.7 Å².